The zero-order valence-electron chi connectivity index (χ0n) is 22.4. The first kappa shape index (κ1) is 36.1. The SMILES string of the molecule is CCOC(Cc1ccc(OCCN(CC(F)(F)C(F)(F)C(F)(F)C(F)(F)C(F)(F)F)C(=O)OC2CCCC2)cc1)C(=O)O. The summed E-state index contributed by atoms with van der Waals surface area (Å²) < 4.78 is 164. The molecule has 1 saturated carbocycles. The molecule has 1 amide bonds. The summed E-state index contributed by atoms with van der Waals surface area (Å²) in [5.74, 6) is -30.0. The van der Waals surface area contributed by atoms with E-state index in [9.17, 15) is 57.9 Å². The fourth-order valence-corrected chi connectivity index (χ4v) is 4.03. The molecule has 2 rings (SSSR count). The average molecular weight is 647 g/mol. The van der Waals surface area contributed by atoms with Crippen LogP contribution in [0.1, 0.15) is 38.2 Å². The summed E-state index contributed by atoms with van der Waals surface area (Å²) in [7, 11) is 0. The number of carboxylic acids is 1. The Bertz CT molecular complexity index is 1080. The lowest BCUT2D eigenvalue weighted by Crippen LogP contribution is -2.68. The van der Waals surface area contributed by atoms with Crippen LogP contribution in [0.4, 0.5) is 53.1 Å². The quantitative estimate of drug-likeness (QED) is 0.217. The van der Waals surface area contributed by atoms with Crippen LogP contribution < -0.4 is 4.74 Å². The summed E-state index contributed by atoms with van der Waals surface area (Å²) in [5, 5.41) is 9.15. The molecule has 1 aromatic rings. The van der Waals surface area contributed by atoms with Crippen LogP contribution in [0.15, 0.2) is 24.3 Å². The molecule has 0 spiro atoms. The number of carboxylic acid groups (broad SMARTS) is 1. The Labute approximate surface area is 237 Å². The minimum Gasteiger partial charge on any atom is -0.492 e. The number of benzene rings is 1. The van der Waals surface area contributed by atoms with Gasteiger partial charge in [-0.15, -0.1) is 0 Å². The van der Waals surface area contributed by atoms with Crippen molar-refractivity contribution in [1.82, 2.24) is 4.90 Å². The van der Waals surface area contributed by atoms with Crippen molar-refractivity contribution < 1.29 is 77.2 Å². The van der Waals surface area contributed by atoms with Gasteiger partial charge < -0.3 is 19.3 Å². The average Bonchev–Trinajstić information content (AvgIpc) is 3.40. The molecule has 0 bridgehead atoms. The van der Waals surface area contributed by atoms with Gasteiger partial charge in [-0.2, -0.15) is 48.3 Å². The predicted molar refractivity (Wildman–Crippen MR) is 125 cm³/mol. The minimum atomic E-state index is -7.61. The van der Waals surface area contributed by atoms with Gasteiger partial charge in [-0.1, -0.05) is 12.1 Å². The van der Waals surface area contributed by atoms with Crippen molar-refractivity contribution in [3.63, 3.8) is 0 Å². The molecule has 18 heteroatoms. The zero-order chi connectivity index (χ0) is 32.9. The number of nitrogens with zero attached hydrogens (tertiary/aromatic N) is 1. The van der Waals surface area contributed by atoms with Crippen LogP contribution in [-0.4, -0.2) is 90.4 Å². The van der Waals surface area contributed by atoms with Crippen molar-refractivity contribution in [2.24, 2.45) is 0 Å². The van der Waals surface area contributed by atoms with Crippen LogP contribution >= 0.6 is 0 Å². The summed E-state index contributed by atoms with van der Waals surface area (Å²) in [4.78, 5) is 23.5. The van der Waals surface area contributed by atoms with Crippen molar-refractivity contribution >= 4 is 12.1 Å². The molecule has 1 aromatic carbocycles. The Kier molecular flexibility index (Phi) is 11.5. The van der Waals surface area contributed by atoms with Gasteiger partial charge in [0.1, 0.15) is 18.5 Å². The summed E-state index contributed by atoms with van der Waals surface area (Å²) in [6.07, 6.45) is -9.54. The van der Waals surface area contributed by atoms with Crippen LogP contribution in [0, 0.1) is 0 Å². The Hall–Kier alpha value is -3.05. The lowest BCUT2D eigenvalue weighted by molar-refractivity contribution is -0.422. The summed E-state index contributed by atoms with van der Waals surface area (Å²) in [6, 6.07) is 5.36. The summed E-state index contributed by atoms with van der Waals surface area (Å²) in [6.45, 7) is -2.85. The zero-order valence-corrected chi connectivity index (χ0v) is 22.4. The number of carbonyl (C=O) groups is 2. The van der Waals surface area contributed by atoms with Gasteiger partial charge in [0.05, 0.1) is 13.1 Å². The molecule has 246 valence electrons. The molecule has 43 heavy (non-hydrogen) atoms. The standard InChI is InChI=1S/C25H28F11NO6/c1-2-41-18(19(38)39)13-15-7-9-16(10-8-15)42-12-11-37(20(40)43-17-5-3-4-6-17)14-21(26,27)22(28,29)23(30,31)24(32,33)25(34,35)36/h7-10,17-18H,2-6,11-14H2,1H3,(H,38,39). The van der Waals surface area contributed by atoms with Crippen LogP contribution in [0.3, 0.4) is 0 Å². The summed E-state index contributed by atoms with van der Waals surface area (Å²) >= 11 is 0. The van der Waals surface area contributed by atoms with Crippen molar-refractivity contribution in [2.75, 3.05) is 26.3 Å². The first-order valence-corrected chi connectivity index (χ1v) is 12.8. The van der Waals surface area contributed by atoms with Crippen molar-refractivity contribution in [3.05, 3.63) is 29.8 Å². The van der Waals surface area contributed by atoms with Crippen molar-refractivity contribution in [2.45, 2.75) is 81.1 Å². The molecule has 0 aromatic heterocycles. The van der Waals surface area contributed by atoms with Gasteiger partial charge in [-0.05, 0) is 50.3 Å². The number of rotatable bonds is 15. The maximum absolute atomic E-state index is 14.5. The molecule has 1 unspecified atom stereocenters. The minimum absolute atomic E-state index is 0.00964. The first-order valence-electron chi connectivity index (χ1n) is 12.8. The second-order valence-corrected chi connectivity index (χ2v) is 9.62. The molecule has 0 aliphatic heterocycles. The molecule has 0 heterocycles. The van der Waals surface area contributed by atoms with E-state index in [-0.39, 0.29) is 36.5 Å². The second kappa shape index (κ2) is 13.7. The van der Waals surface area contributed by atoms with Crippen LogP contribution in [0.25, 0.3) is 0 Å². The smallest absolute Gasteiger partial charge is 0.460 e. The van der Waals surface area contributed by atoms with E-state index in [1.807, 2.05) is 0 Å². The van der Waals surface area contributed by atoms with Crippen LogP contribution in [0.2, 0.25) is 0 Å². The van der Waals surface area contributed by atoms with Crippen LogP contribution in [-0.2, 0) is 20.7 Å². The van der Waals surface area contributed by atoms with E-state index < -0.39 is 73.8 Å². The normalized spacial score (nSPS) is 16.2. The predicted octanol–water partition coefficient (Wildman–Crippen LogP) is 6.58. The molecule has 7 nitrogen and oxygen atoms in total. The van der Waals surface area contributed by atoms with Gasteiger partial charge in [-0.3, -0.25) is 4.90 Å². The largest absolute Gasteiger partial charge is 0.492 e. The summed E-state index contributed by atoms with van der Waals surface area (Å²) in [5.41, 5.74) is 0.466. The third-order valence-electron chi connectivity index (χ3n) is 6.44. The first-order chi connectivity index (χ1) is 19.7. The molecule has 1 atom stereocenters. The third kappa shape index (κ3) is 8.32. The topological polar surface area (TPSA) is 85.3 Å². The number of halogens is 11. The highest BCUT2D eigenvalue weighted by Gasteiger charge is 2.87. The van der Waals surface area contributed by atoms with Gasteiger partial charge in [-0.25, -0.2) is 9.59 Å². The highest BCUT2D eigenvalue weighted by Crippen LogP contribution is 2.57. The Balaban J connectivity index is 2.20. The second-order valence-electron chi connectivity index (χ2n) is 9.62. The van der Waals surface area contributed by atoms with E-state index in [0.29, 0.717) is 18.4 Å². The molecule has 1 fully saturated rings. The lowest BCUT2D eigenvalue weighted by Gasteiger charge is -2.38. The van der Waals surface area contributed by atoms with E-state index in [2.05, 4.69) is 0 Å². The number of amides is 1. The molecule has 1 aliphatic carbocycles. The molecule has 1 aliphatic rings. The highest BCUT2D eigenvalue weighted by molar-refractivity contribution is 5.72. The van der Waals surface area contributed by atoms with Crippen LogP contribution in [0.5, 0.6) is 5.75 Å². The Morgan fingerprint density at radius 2 is 1.47 bits per heavy atom. The number of alkyl halides is 11. The van der Waals surface area contributed by atoms with E-state index in [1.54, 1.807) is 6.92 Å². The molecule has 1 N–H and O–H groups in total. The van der Waals surface area contributed by atoms with E-state index in [4.69, 9.17) is 19.3 Å². The Morgan fingerprint density at radius 3 is 1.95 bits per heavy atom. The van der Waals surface area contributed by atoms with E-state index >= 15 is 0 Å². The van der Waals surface area contributed by atoms with Gasteiger partial charge in [0.2, 0.25) is 0 Å². The van der Waals surface area contributed by atoms with Gasteiger partial charge in [0, 0.05) is 13.0 Å². The number of hydrogen-bond acceptors (Lipinski definition) is 5. The maximum atomic E-state index is 14.5. The van der Waals surface area contributed by atoms with Gasteiger partial charge in [0.15, 0.2) is 6.10 Å². The number of hydrogen-bond donors (Lipinski definition) is 1. The van der Waals surface area contributed by atoms with Gasteiger partial charge >= 0.3 is 41.9 Å². The molecule has 0 radical (unpaired) electrons. The monoisotopic (exact) mass is 647 g/mol. The fourth-order valence-electron chi connectivity index (χ4n) is 4.03. The highest BCUT2D eigenvalue weighted by atomic mass is 19.4. The lowest BCUT2D eigenvalue weighted by atomic mass is 9.97. The van der Waals surface area contributed by atoms with E-state index in [0.717, 1.165) is 0 Å². The van der Waals surface area contributed by atoms with Crippen molar-refractivity contribution in [1.29, 1.82) is 0 Å². The molecular formula is C25H28F11NO6. The Morgan fingerprint density at radius 1 is 0.907 bits per heavy atom. The number of carbonyl (C=O) groups excluding carboxylic acids is 1. The van der Waals surface area contributed by atoms with Crippen molar-refractivity contribution in [3.8, 4) is 5.75 Å². The van der Waals surface area contributed by atoms with E-state index in [1.165, 1.54) is 24.3 Å². The maximum Gasteiger partial charge on any atom is 0.460 e. The molecular weight excluding hydrogens is 619 g/mol. The molecule has 0 saturated heterocycles. The van der Waals surface area contributed by atoms with Gasteiger partial charge in [0.25, 0.3) is 0 Å². The number of ether oxygens (including phenoxy) is 3. The number of aliphatic carboxylic acids is 1. The third-order valence-corrected chi connectivity index (χ3v) is 6.44. The fraction of sp³-hybridized carbons (Fsp3) is 0.680.